The number of nitrogens with one attached hydrogen (secondary N) is 2. The molecule has 0 aliphatic carbocycles. The Morgan fingerprint density at radius 3 is 2.64 bits per heavy atom. The smallest absolute Gasteiger partial charge is 0.246 e. The van der Waals surface area contributed by atoms with Crippen molar-refractivity contribution in [2.75, 3.05) is 25.0 Å². The van der Waals surface area contributed by atoms with Crippen LogP contribution in [0.5, 0.6) is 0 Å². The van der Waals surface area contributed by atoms with E-state index in [-0.39, 0.29) is 11.7 Å². The highest BCUT2D eigenvalue weighted by Crippen LogP contribution is 2.20. The van der Waals surface area contributed by atoms with Gasteiger partial charge < -0.3 is 10.6 Å². The molecule has 1 heterocycles. The van der Waals surface area contributed by atoms with Gasteiger partial charge in [-0.05, 0) is 50.6 Å². The average molecular weight is 380 g/mol. The minimum atomic E-state index is -0.443. The van der Waals surface area contributed by atoms with Gasteiger partial charge in [0.15, 0.2) is 5.78 Å². The van der Waals surface area contributed by atoms with Crippen molar-refractivity contribution in [1.82, 2.24) is 10.2 Å². The fourth-order valence-electron chi connectivity index (χ4n) is 3.83. The summed E-state index contributed by atoms with van der Waals surface area (Å²) in [4.78, 5) is 27.2. The van der Waals surface area contributed by atoms with Gasteiger partial charge in [0.1, 0.15) is 6.04 Å². The van der Waals surface area contributed by atoms with E-state index in [1.165, 1.54) is 13.3 Å². The Kier molecular flexibility index (Phi) is 6.95. The van der Waals surface area contributed by atoms with E-state index in [9.17, 15) is 9.59 Å². The molecular weight excluding hydrogens is 350 g/mol. The monoisotopic (exact) mass is 379 g/mol. The molecule has 0 spiro atoms. The minimum absolute atomic E-state index is 0.0188. The number of anilines is 1. The van der Waals surface area contributed by atoms with E-state index < -0.39 is 6.04 Å². The van der Waals surface area contributed by atoms with E-state index in [1.54, 1.807) is 18.2 Å². The molecule has 2 N–H and O–H groups in total. The van der Waals surface area contributed by atoms with Crippen molar-refractivity contribution in [3.8, 4) is 0 Å². The van der Waals surface area contributed by atoms with Crippen LogP contribution in [-0.2, 0) is 4.79 Å². The van der Waals surface area contributed by atoms with Gasteiger partial charge in [0, 0.05) is 23.8 Å². The molecule has 2 aromatic carbocycles. The van der Waals surface area contributed by atoms with Gasteiger partial charge in [-0.1, -0.05) is 49.4 Å². The fourth-order valence-corrected chi connectivity index (χ4v) is 3.83. The highest BCUT2D eigenvalue weighted by Gasteiger charge is 2.26. The number of likely N-dealkylation sites (tertiary alicyclic amines) is 1. The molecule has 1 saturated heterocycles. The maximum atomic E-state index is 13.1. The number of ketones is 1. The van der Waals surface area contributed by atoms with Crippen LogP contribution in [-0.4, -0.2) is 42.3 Å². The average Bonchev–Trinajstić information content (AvgIpc) is 3.16. The third kappa shape index (κ3) is 5.06. The van der Waals surface area contributed by atoms with Crippen LogP contribution in [0, 0.1) is 0 Å². The van der Waals surface area contributed by atoms with Crippen molar-refractivity contribution in [3.05, 3.63) is 65.7 Å². The molecular formula is C23H29N3O2. The Hall–Kier alpha value is -2.50. The van der Waals surface area contributed by atoms with Crippen LogP contribution in [0.25, 0.3) is 0 Å². The largest absolute Gasteiger partial charge is 0.324 e. The molecule has 0 unspecified atom stereocenters. The molecule has 5 heteroatoms. The molecule has 1 amide bonds. The number of likely N-dealkylation sites (N-methyl/N-ethyl adjacent to an activating group) is 1. The van der Waals surface area contributed by atoms with Gasteiger partial charge in [0.25, 0.3) is 0 Å². The maximum Gasteiger partial charge on any atom is 0.246 e. The second-order valence-electron chi connectivity index (χ2n) is 7.30. The van der Waals surface area contributed by atoms with Crippen molar-refractivity contribution in [2.45, 2.75) is 38.8 Å². The third-order valence-corrected chi connectivity index (χ3v) is 5.39. The quantitative estimate of drug-likeness (QED) is 0.688. The molecule has 0 bridgehead atoms. The summed E-state index contributed by atoms with van der Waals surface area (Å²) in [5.74, 6) is -0.136. The van der Waals surface area contributed by atoms with Gasteiger partial charge in [0.05, 0.1) is 0 Å². The van der Waals surface area contributed by atoms with Crippen LogP contribution in [0.4, 0.5) is 5.69 Å². The van der Waals surface area contributed by atoms with E-state index in [0.29, 0.717) is 17.3 Å². The lowest BCUT2D eigenvalue weighted by atomic mass is 10.0. The summed E-state index contributed by atoms with van der Waals surface area (Å²) in [7, 11) is 0. The van der Waals surface area contributed by atoms with Crippen LogP contribution in [0.1, 0.15) is 48.7 Å². The van der Waals surface area contributed by atoms with Gasteiger partial charge in [-0.25, -0.2) is 0 Å². The first-order chi connectivity index (χ1) is 13.6. The van der Waals surface area contributed by atoms with Gasteiger partial charge in [-0.3, -0.25) is 14.5 Å². The molecule has 0 saturated carbocycles. The Morgan fingerprint density at radius 1 is 1.14 bits per heavy atom. The Balaban J connectivity index is 1.74. The standard InChI is InChI=1S/C23H29N3O2/c1-3-26-14-8-13-21(26)16-24-22(18-9-5-4-6-10-18)23(28)25-20-12-7-11-19(15-20)17(2)27/h4-7,9-12,15,21-22,24H,3,8,13-14,16H2,1-2H3,(H,25,28)/t21-,22-/m0/s1. The Morgan fingerprint density at radius 2 is 1.93 bits per heavy atom. The summed E-state index contributed by atoms with van der Waals surface area (Å²) in [5.41, 5.74) is 2.16. The lowest BCUT2D eigenvalue weighted by molar-refractivity contribution is -0.118. The summed E-state index contributed by atoms with van der Waals surface area (Å²) in [5, 5.41) is 6.45. The zero-order valence-corrected chi connectivity index (χ0v) is 16.7. The molecule has 1 aliphatic heterocycles. The number of carbonyl (C=O) groups is 2. The van der Waals surface area contributed by atoms with Crippen molar-refractivity contribution in [3.63, 3.8) is 0 Å². The van der Waals surface area contributed by atoms with Gasteiger partial charge in [-0.15, -0.1) is 0 Å². The number of benzene rings is 2. The molecule has 5 nitrogen and oxygen atoms in total. The SMILES string of the molecule is CCN1CCC[C@H]1CN[C@H](C(=O)Nc1cccc(C(C)=O)c1)c1ccccc1. The second kappa shape index (κ2) is 9.62. The van der Waals surface area contributed by atoms with E-state index in [0.717, 1.165) is 31.6 Å². The number of carbonyl (C=O) groups excluding carboxylic acids is 2. The molecule has 2 aromatic rings. The van der Waals surface area contributed by atoms with Crippen LogP contribution in [0.15, 0.2) is 54.6 Å². The summed E-state index contributed by atoms with van der Waals surface area (Å²) in [6.07, 6.45) is 2.37. The molecule has 3 rings (SSSR count). The molecule has 2 atom stereocenters. The molecule has 0 radical (unpaired) electrons. The fraction of sp³-hybridized carbons (Fsp3) is 0.391. The molecule has 28 heavy (non-hydrogen) atoms. The van der Waals surface area contributed by atoms with E-state index in [2.05, 4.69) is 22.5 Å². The van der Waals surface area contributed by atoms with Crippen LogP contribution in [0.3, 0.4) is 0 Å². The van der Waals surface area contributed by atoms with Crippen LogP contribution in [0.2, 0.25) is 0 Å². The van der Waals surface area contributed by atoms with E-state index in [4.69, 9.17) is 0 Å². The third-order valence-electron chi connectivity index (χ3n) is 5.39. The van der Waals surface area contributed by atoms with Gasteiger partial charge in [-0.2, -0.15) is 0 Å². The van der Waals surface area contributed by atoms with E-state index >= 15 is 0 Å². The highest BCUT2D eigenvalue weighted by molar-refractivity contribution is 5.98. The maximum absolute atomic E-state index is 13.1. The highest BCUT2D eigenvalue weighted by atomic mass is 16.2. The summed E-state index contributed by atoms with van der Waals surface area (Å²) in [6, 6.07) is 16.9. The molecule has 1 fully saturated rings. The van der Waals surface area contributed by atoms with Crippen molar-refractivity contribution < 1.29 is 9.59 Å². The normalized spacial score (nSPS) is 18.0. The first-order valence-corrected chi connectivity index (χ1v) is 10.0. The topological polar surface area (TPSA) is 61.4 Å². The number of hydrogen-bond acceptors (Lipinski definition) is 4. The zero-order valence-electron chi connectivity index (χ0n) is 16.7. The summed E-state index contributed by atoms with van der Waals surface area (Å²) in [6.45, 7) is 6.64. The second-order valence-corrected chi connectivity index (χ2v) is 7.30. The number of hydrogen-bond donors (Lipinski definition) is 2. The van der Waals surface area contributed by atoms with Crippen molar-refractivity contribution in [1.29, 1.82) is 0 Å². The van der Waals surface area contributed by atoms with Crippen LogP contribution < -0.4 is 10.6 Å². The van der Waals surface area contributed by atoms with Crippen molar-refractivity contribution in [2.24, 2.45) is 0 Å². The summed E-state index contributed by atoms with van der Waals surface area (Å²) >= 11 is 0. The Labute approximate surface area is 167 Å². The lowest BCUT2D eigenvalue weighted by Gasteiger charge is -2.26. The predicted octanol–water partition coefficient (Wildman–Crippen LogP) is 3.64. The van der Waals surface area contributed by atoms with E-state index in [1.807, 2.05) is 36.4 Å². The molecule has 0 aromatic heterocycles. The summed E-state index contributed by atoms with van der Waals surface area (Å²) < 4.78 is 0. The van der Waals surface area contributed by atoms with Crippen molar-refractivity contribution >= 4 is 17.4 Å². The Bertz CT molecular complexity index is 807. The lowest BCUT2D eigenvalue weighted by Crippen LogP contribution is -2.42. The molecule has 148 valence electrons. The predicted molar refractivity (Wildman–Crippen MR) is 113 cm³/mol. The number of rotatable bonds is 8. The molecule has 1 aliphatic rings. The van der Waals surface area contributed by atoms with Gasteiger partial charge in [0.2, 0.25) is 5.91 Å². The first kappa shape index (κ1) is 20.2. The first-order valence-electron chi connectivity index (χ1n) is 10.0. The van der Waals surface area contributed by atoms with Crippen LogP contribution >= 0.6 is 0 Å². The van der Waals surface area contributed by atoms with Gasteiger partial charge >= 0.3 is 0 Å². The minimum Gasteiger partial charge on any atom is -0.324 e. The zero-order chi connectivity index (χ0) is 19.9. The number of nitrogens with zero attached hydrogens (tertiary/aromatic N) is 1. The number of Topliss-reactive ketones (excluding diaryl/α,β-unsaturated/α-hetero) is 1. The number of amides is 1.